The normalized spacial score (nSPS) is 16.0. The second-order valence-electron chi connectivity index (χ2n) is 6.97. The highest BCUT2D eigenvalue weighted by Crippen LogP contribution is 2.38. The molecule has 1 amide bonds. The summed E-state index contributed by atoms with van der Waals surface area (Å²) in [6, 6.07) is 11.8. The Hall–Kier alpha value is -3.60. The summed E-state index contributed by atoms with van der Waals surface area (Å²) in [6.45, 7) is 0. The molecule has 0 spiro atoms. The number of aromatic carboxylic acids is 1. The van der Waals surface area contributed by atoms with Crippen LogP contribution in [0.3, 0.4) is 0 Å². The van der Waals surface area contributed by atoms with Gasteiger partial charge in [0.25, 0.3) is 11.6 Å². The van der Waals surface area contributed by atoms with Crippen molar-refractivity contribution in [2.24, 2.45) is 4.99 Å². The average Bonchev–Trinajstić information content (AvgIpc) is 3.35. The van der Waals surface area contributed by atoms with Crippen molar-refractivity contribution in [2.45, 2.75) is 0 Å². The summed E-state index contributed by atoms with van der Waals surface area (Å²) < 4.78 is 5.77. The third kappa shape index (κ3) is 4.69. The molecule has 1 N–H and O–H groups in total. The van der Waals surface area contributed by atoms with Gasteiger partial charge < -0.3 is 9.52 Å². The Morgan fingerprint density at radius 3 is 2.68 bits per heavy atom. The lowest BCUT2D eigenvalue weighted by Gasteiger charge is -2.07. The van der Waals surface area contributed by atoms with Crippen LogP contribution in [0.5, 0.6) is 0 Å². The molecule has 2 aromatic carbocycles. The van der Waals surface area contributed by atoms with Crippen LogP contribution in [0.15, 0.2) is 62.8 Å². The van der Waals surface area contributed by atoms with E-state index >= 15 is 0 Å². The molecule has 9 nitrogen and oxygen atoms in total. The molecule has 0 bridgehead atoms. The third-order valence-corrected chi connectivity index (χ3v) is 6.40. The molecule has 1 aliphatic heterocycles. The highest BCUT2D eigenvalue weighted by molar-refractivity contribution is 8.18. The highest BCUT2D eigenvalue weighted by Gasteiger charge is 2.31. The Labute approximate surface area is 206 Å². The van der Waals surface area contributed by atoms with E-state index in [1.807, 2.05) is 0 Å². The standard InChI is InChI=1S/C22H13Cl2N3O6S/c1-26-20(28)19(34-22(26)25-12-4-2-3-11(7-12)21(29)30)8-13-5-6-18(33-13)14-9-16(24)17(27(31)32)10-15(14)23/h2-10H,1H3,(H,29,30)/b19-8+,25-22?. The van der Waals surface area contributed by atoms with Gasteiger partial charge in [-0.25, -0.2) is 9.79 Å². The number of furan rings is 1. The molecule has 1 saturated heterocycles. The van der Waals surface area contributed by atoms with Crippen LogP contribution in [0.1, 0.15) is 16.1 Å². The maximum atomic E-state index is 12.7. The van der Waals surface area contributed by atoms with Gasteiger partial charge in [0.1, 0.15) is 16.5 Å². The lowest BCUT2D eigenvalue weighted by molar-refractivity contribution is -0.384. The molecule has 1 aromatic heterocycles. The van der Waals surface area contributed by atoms with E-state index in [-0.39, 0.29) is 27.2 Å². The molecule has 0 unspecified atom stereocenters. The Kier molecular flexibility index (Phi) is 6.47. The molecule has 0 radical (unpaired) electrons. The van der Waals surface area contributed by atoms with Crippen LogP contribution in [0.25, 0.3) is 17.4 Å². The monoisotopic (exact) mass is 517 g/mol. The van der Waals surface area contributed by atoms with Crippen molar-refractivity contribution in [3.8, 4) is 11.3 Å². The van der Waals surface area contributed by atoms with E-state index < -0.39 is 10.9 Å². The number of thioether (sulfide) groups is 1. The van der Waals surface area contributed by atoms with Gasteiger partial charge in [0.2, 0.25) is 0 Å². The van der Waals surface area contributed by atoms with Crippen molar-refractivity contribution >= 4 is 69.5 Å². The fourth-order valence-corrected chi connectivity index (χ4v) is 4.49. The molecular formula is C22H13Cl2N3O6S. The SMILES string of the molecule is CN1C(=O)/C(=C\c2ccc(-c3cc(Cl)c([N+](=O)[O-])cc3Cl)o2)SC1=Nc1cccc(C(=O)O)c1. The van der Waals surface area contributed by atoms with Crippen LogP contribution in [0.4, 0.5) is 11.4 Å². The summed E-state index contributed by atoms with van der Waals surface area (Å²) in [6.07, 6.45) is 1.53. The molecule has 0 saturated carbocycles. The molecule has 0 aliphatic carbocycles. The fourth-order valence-electron chi connectivity index (χ4n) is 3.04. The fraction of sp³-hybridized carbons (Fsp3) is 0.0455. The number of benzene rings is 2. The van der Waals surface area contributed by atoms with Crippen LogP contribution in [0.2, 0.25) is 10.0 Å². The van der Waals surface area contributed by atoms with Crippen molar-refractivity contribution in [1.29, 1.82) is 0 Å². The van der Waals surface area contributed by atoms with Gasteiger partial charge in [0, 0.05) is 24.8 Å². The number of aliphatic imine (C=N–C) groups is 1. The average molecular weight is 518 g/mol. The second-order valence-corrected chi connectivity index (χ2v) is 8.79. The third-order valence-electron chi connectivity index (χ3n) is 4.72. The molecule has 3 aromatic rings. The minimum Gasteiger partial charge on any atom is -0.478 e. The topological polar surface area (TPSA) is 126 Å². The number of carbonyl (C=O) groups excluding carboxylic acids is 1. The Morgan fingerprint density at radius 2 is 1.97 bits per heavy atom. The zero-order valence-corrected chi connectivity index (χ0v) is 19.5. The van der Waals surface area contributed by atoms with Crippen molar-refractivity contribution in [1.82, 2.24) is 4.90 Å². The number of likely N-dealkylation sites (N-methyl/N-ethyl adjacent to an activating group) is 1. The van der Waals surface area contributed by atoms with E-state index in [1.165, 1.54) is 29.2 Å². The van der Waals surface area contributed by atoms with E-state index in [9.17, 15) is 19.7 Å². The van der Waals surface area contributed by atoms with Crippen LogP contribution in [-0.4, -0.2) is 39.0 Å². The van der Waals surface area contributed by atoms with Crippen LogP contribution < -0.4 is 0 Å². The molecule has 1 aliphatic rings. The summed E-state index contributed by atoms with van der Waals surface area (Å²) in [4.78, 5) is 40.3. The predicted molar refractivity (Wildman–Crippen MR) is 130 cm³/mol. The molecule has 12 heteroatoms. The summed E-state index contributed by atoms with van der Waals surface area (Å²) in [7, 11) is 1.56. The van der Waals surface area contributed by atoms with E-state index in [0.717, 1.165) is 17.8 Å². The number of halogens is 2. The number of carboxylic acids is 1. The number of amides is 1. The van der Waals surface area contributed by atoms with Crippen molar-refractivity contribution in [2.75, 3.05) is 7.05 Å². The number of nitro groups is 1. The molecular weight excluding hydrogens is 505 g/mol. The first-order valence-electron chi connectivity index (χ1n) is 9.47. The Bertz CT molecular complexity index is 1420. The Balaban J connectivity index is 1.61. The predicted octanol–water partition coefficient (Wildman–Crippen LogP) is 6.09. The minimum atomic E-state index is -1.07. The van der Waals surface area contributed by atoms with Gasteiger partial charge in [-0.1, -0.05) is 29.3 Å². The van der Waals surface area contributed by atoms with E-state index in [0.29, 0.717) is 32.8 Å². The first kappa shape index (κ1) is 23.6. The largest absolute Gasteiger partial charge is 0.478 e. The van der Waals surface area contributed by atoms with Gasteiger partial charge in [-0.05, 0) is 48.2 Å². The van der Waals surface area contributed by atoms with Gasteiger partial charge in [-0.15, -0.1) is 0 Å². The van der Waals surface area contributed by atoms with Crippen LogP contribution in [0, 0.1) is 10.1 Å². The van der Waals surface area contributed by atoms with Gasteiger partial charge in [0.15, 0.2) is 5.17 Å². The van der Waals surface area contributed by atoms with Crippen molar-refractivity contribution in [3.63, 3.8) is 0 Å². The lowest BCUT2D eigenvalue weighted by Crippen LogP contribution is -2.23. The summed E-state index contributed by atoms with van der Waals surface area (Å²) >= 11 is 13.3. The van der Waals surface area contributed by atoms with Gasteiger partial charge in [0.05, 0.1) is 26.1 Å². The second kappa shape index (κ2) is 9.34. The first-order valence-corrected chi connectivity index (χ1v) is 11.0. The lowest BCUT2D eigenvalue weighted by atomic mass is 10.1. The van der Waals surface area contributed by atoms with E-state index in [4.69, 9.17) is 32.7 Å². The molecule has 1 fully saturated rings. The number of nitro benzene ring substituents is 1. The summed E-state index contributed by atoms with van der Waals surface area (Å²) in [5, 5.41) is 20.5. The van der Waals surface area contributed by atoms with Gasteiger partial charge in [-0.3, -0.25) is 19.8 Å². The number of carboxylic acid groups (broad SMARTS) is 1. The quantitative estimate of drug-likeness (QED) is 0.246. The molecule has 172 valence electrons. The highest BCUT2D eigenvalue weighted by atomic mass is 35.5. The van der Waals surface area contributed by atoms with Crippen LogP contribution >= 0.6 is 35.0 Å². The van der Waals surface area contributed by atoms with Crippen molar-refractivity contribution in [3.05, 3.63) is 84.9 Å². The molecule has 2 heterocycles. The molecule has 0 atom stereocenters. The zero-order valence-electron chi connectivity index (χ0n) is 17.2. The van der Waals surface area contributed by atoms with Crippen LogP contribution in [-0.2, 0) is 4.79 Å². The number of hydrogen-bond donors (Lipinski definition) is 1. The first-order chi connectivity index (χ1) is 16.1. The maximum Gasteiger partial charge on any atom is 0.335 e. The summed E-state index contributed by atoms with van der Waals surface area (Å²) in [5.41, 5.74) is 0.530. The number of nitrogens with zero attached hydrogens (tertiary/aromatic N) is 3. The number of carbonyl (C=O) groups is 2. The minimum absolute atomic E-state index is 0.0858. The van der Waals surface area contributed by atoms with E-state index in [2.05, 4.69) is 4.99 Å². The zero-order chi connectivity index (χ0) is 24.6. The molecule has 4 rings (SSSR count). The number of amidine groups is 1. The Morgan fingerprint density at radius 1 is 1.21 bits per heavy atom. The number of rotatable bonds is 5. The molecule has 34 heavy (non-hydrogen) atoms. The maximum absolute atomic E-state index is 12.7. The van der Waals surface area contributed by atoms with Crippen molar-refractivity contribution < 1.29 is 24.0 Å². The van der Waals surface area contributed by atoms with Gasteiger partial charge >= 0.3 is 5.97 Å². The van der Waals surface area contributed by atoms with E-state index in [1.54, 1.807) is 31.3 Å². The van der Waals surface area contributed by atoms with Gasteiger partial charge in [-0.2, -0.15) is 0 Å². The summed E-state index contributed by atoms with van der Waals surface area (Å²) in [5.74, 6) is -0.725. The number of hydrogen-bond acceptors (Lipinski definition) is 7. The smallest absolute Gasteiger partial charge is 0.335 e.